The van der Waals surface area contributed by atoms with Crippen molar-refractivity contribution in [2.45, 2.75) is 13.5 Å². The maximum Gasteiger partial charge on any atom is 0.387 e. The van der Waals surface area contributed by atoms with E-state index in [9.17, 15) is 13.6 Å². The normalized spacial score (nSPS) is 10.5. The van der Waals surface area contributed by atoms with Crippen LogP contribution in [-0.4, -0.2) is 21.8 Å². The molecule has 0 atom stereocenters. The highest BCUT2D eigenvalue weighted by Gasteiger charge is 2.04. The molecule has 19 heavy (non-hydrogen) atoms. The molecule has 8 heteroatoms. The molecule has 2 N–H and O–H groups in total. The lowest BCUT2D eigenvalue weighted by Crippen LogP contribution is -2.15. The fraction of sp³-hybridized carbons (Fsp3) is 0.182. The molecule has 0 aliphatic rings. The fourth-order valence-electron chi connectivity index (χ4n) is 1.31. The highest BCUT2D eigenvalue weighted by atomic mass is 19.3. The largest absolute Gasteiger partial charge is 0.435 e. The minimum Gasteiger partial charge on any atom is -0.435 e. The number of nitrogens with zero attached hydrogens (tertiary/aromatic N) is 2. The lowest BCUT2D eigenvalue weighted by Gasteiger charge is -2.07. The van der Waals surface area contributed by atoms with Crippen LogP contribution in [0.1, 0.15) is 5.69 Å². The molecule has 0 spiro atoms. The molecule has 0 saturated heterocycles. The number of anilines is 2. The van der Waals surface area contributed by atoms with Gasteiger partial charge in [0.05, 0.1) is 0 Å². The summed E-state index contributed by atoms with van der Waals surface area (Å²) in [5.74, 6) is 0.210. The average molecular weight is 268 g/mol. The Hall–Kier alpha value is -2.51. The summed E-state index contributed by atoms with van der Waals surface area (Å²) in [7, 11) is 0. The molecule has 1 heterocycles. The van der Waals surface area contributed by atoms with Gasteiger partial charge in [-0.2, -0.15) is 8.78 Å². The van der Waals surface area contributed by atoms with Gasteiger partial charge in [-0.3, -0.25) is 9.78 Å². The molecular formula is C11H10F2N4O2. The monoisotopic (exact) mass is 268 g/mol. The van der Waals surface area contributed by atoms with Crippen LogP contribution in [0.4, 0.5) is 20.4 Å². The molecule has 6 nitrogen and oxygen atoms in total. The Morgan fingerprint density at radius 1 is 1.26 bits per heavy atom. The van der Waals surface area contributed by atoms with E-state index in [1.54, 1.807) is 0 Å². The van der Waals surface area contributed by atoms with Gasteiger partial charge in [-0.1, -0.05) is 0 Å². The first kappa shape index (κ1) is 12.9. The van der Waals surface area contributed by atoms with Crippen LogP contribution in [0.5, 0.6) is 5.75 Å². The number of halogens is 2. The van der Waals surface area contributed by atoms with Crippen molar-refractivity contribution in [3.63, 3.8) is 0 Å². The van der Waals surface area contributed by atoms with Crippen LogP contribution in [0.2, 0.25) is 0 Å². The second-order valence-electron chi connectivity index (χ2n) is 3.62. The maximum atomic E-state index is 12.0. The fourth-order valence-corrected chi connectivity index (χ4v) is 1.31. The van der Waals surface area contributed by atoms with E-state index in [0.29, 0.717) is 5.69 Å². The topological polar surface area (TPSA) is 79.9 Å². The number of nitrogens with one attached hydrogen (secondary N) is 2. The third kappa shape index (κ3) is 3.47. The molecule has 1 aromatic carbocycles. The van der Waals surface area contributed by atoms with Crippen LogP contribution >= 0.6 is 0 Å². The molecule has 0 radical (unpaired) electrons. The van der Waals surface area contributed by atoms with Gasteiger partial charge < -0.3 is 10.1 Å². The van der Waals surface area contributed by atoms with Gasteiger partial charge in [-0.25, -0.2) is 0 Å². The van der Waals surface area contributed by atoms with E-state index < -0.39 is 6.61 Å². The van der Waals surface area contributed by atoms with Crippen molar-refractivity contribution in [2.24, 2.45) is 0 Å². The summed E-state index contributed by atoms with van der Waals surface area (Å²) in [5, 5.41) is 10.2. The predicted molar refractivity (Wildman–Crippen MR) is 63.7 cm³/mol. The van der Waals surface area contributed by atoms with E-state index in [4.69, 9.17) is 0 Å². The second-order valence-corrected chi connectivity index (χ2v) is 3.62. The zero-order chi connectivity index (χ0) is 13.8. The standard InChI is InChI=1S/C11H10F2N4O2/c1-6-9(18)15-11(17-16-6)14-7-2-4-8(5-3-7)19-10(12)13/h2-5,10H,1H3,(H2,14,15,17,18). The van der Waals surface area contributed by atoms with Gasteiger partial charge in [-0.15, -0.1) is 10.2 Å². The van der Waals surface area contributed by atoms with Gasteiger partial charge in [-0.05, 0) is 31.2 Å². The van der Waals surface area contributed by atoms with Crippen LogP contribution in [0.25, 0.3) is 0 Å². The van der Waals surface area contributed by atoms with Crippen molar-refractivity contribution in [3.05, 3.63) is 40.3 Å². The van der Waals surface area contributed by atoms with Gasteiger partial charge in [0, 0.05) is 5.69 Å². The summed E-state index contributed by atoms with van der Waals surface area (Å²) < 4.78 is 28.1. The first-order valence-corrected chi connectivity index (χ1v) is 5.30. The van der Waals surface area contributed by atoms with Gasteiger partial charge in [0.1, 0.15) is 11.4 Å². The van der Waals surface area contributed by atoms with Crippen molar-refractivity contribution in [2.75, 3.05) is 5.32 Å². The summed E-state index contributed by atoms with van der Waals surface area (Å²) in [6.45, 7) is -1.33. The number of alkyl halides is 2. The summed E-state index contributed by atoms with van der Waals surface area (Å²) in [6, 6.07) is 5.76. The highest BCUT2D eigenvalue weighted by Crippen LogP contribution is 2.19. The van der Waals surface area contributed by atoms with E-state index in [0.717, 1.165) is 0 Å². The lowest BCUT2D eigenvalue weighted by atomic mass is 10.3. The van der Waals surface area contributed by atoms with Crippen LogP contribution in [0, 0.1) is 6.92 Å². The van der Waals surface area contributed by atoms with Crippen molar-refractivity contribution < 1.29 is 13.5 Å². The summed E-state index contributed by atoms with van der Waals surface area (Å²) in [5.41, 5.74) is 0.455. The quantitative estimate of drug-likeness (QED) is 0.884. The second kappa shape index (κ2) is 5.42. The van der Waals surface area contributed by atoms with E-state index in [1.807, 2.05) is 0 Å². The summed E-state index contributed by atoms with van der Waals surface area (Å²) in [6.07, 6.45) is 0. The minimum atomic E-state index is -2.86. The Bertz CT molecular complexity index is 613. The molecule has 2 aromatic rings. The Morgan fingerprint density at radius 3 is 2.53 bits per heavy atom. The molecule has 0 saturated carbocycles. The van der Waals surface area contributed by atoms with E-state index in [2.05, 4.69) is 25.2 Å². The Morgan fingerprint density at radius 2 is 1.95 bits per heavy atom. The third-order valence-corrected chi connectivity index (χ3v) is 2.20. The van der Waals surface area contributed by atoms with E-state index in [-0.39, 0.29) is 23.0 Å². The molecule has 0 fully saturated rings. The van der Waals surface area contributed by atoms with Crippen LogP contribution in [0.3, 0.4) is 0 Å². The van der Waals surface area contributed by atoms with Crippen LogP contribution in [0.15, 0.2) is 29.1 Å². The molecule has 0 aliphatic carbocycles. The zero-order valence-corrected chi connectivity index (χ0v) is 9.85. The van der Waals surface area contributed by atoms with Crippen LogP contribution < -0.4 is 15.6 Å². The molecule has 0 unspecified atom stereocenters. The maximum absolute atomic E-state index is 12.0. The molecule has 100 valence electrons. The highest BCUT2D eigenvalue weighted by molar-refractivity contribution is 5.54. The van der Waals surface area contributed by atoms with E-state index >= 15 is 0 Å². The number of hydrogen-bond donors (Lipinski definition) is 2. The number of ether oxygens (including phenoxy) is 1. The SMILES string of the molecule is Cc1nnc(Nc2ccc(OC(F)F)cc2)[nH]c1=O. The summed E-state index contributed by atoms with van der Waals surface area (Å²) in [4.78, 5) is 13.8. The number of aryl methyl sites for hydroxylation is 1. The third-order valence-electron chi connectivity index (χ3n) is 2.20. The van der Waals surface area contributed by atoms with Gasteiger partial charge in [0.2, 0.25) is 5.95 Å². The number of aromatic nitrogens is 3. The first-order chi connectivity index (χ1) is 9.04. The molecule has 0 aliphatic heterocycles. The molecular weight excluding hydrogens is 258 g/mol. The molecule has 0 amide bonds. The Balaban J connectivity index is 2.10. The lowest BCUT2D eigenvalue weighted by molar-refractivity contribution is -0.0498. The number of benzene rings is 1. The Labute approximate surface area is 106 Å². The zero-order valence-electron chi connectivity index (χ0n) is 9.85. The predicted octanol–water partition coefficient (Wildman–Crippen LogP) is 1.82. The number of H-pyrrole nitrogens is 1. The van der Waals surface area contributed by atoms with Crippen molar-refractivity contribution in [3.8, 4) is 5.75 Å². The van der Waals surface area contributed by atoms with Crippen LogP contribution in [-0.2, 0) is 0 Å². The molecule has 2 rings (SSSR count). The van der Waals surface area contributed by atoms with Gasteiger partial charge in [0.25, 0.3) is 5.56 Å². The van der Waals surface area contributed by atoms with Crippen molar-refractivity contribution in [1.82, 2.24) is 15.2 Å². The molecule has 0 bridgehead atoms. The smallest absolute Gasteiger partial charge is 0.387 e. The Kier molecular flexibility index (Phi) is 3.69. The van der Waals surface area contributed by atoms with E-state index in [1.165, 1.54) is 31.2 Å². The molecule has 1 aromatic heterocycles. The van der Waals surface area contributed by atoms with Crippen molar-refractivity contribution in [1.29, 1.82) is 0 Å². The summed E-state index contributed by atoms with van der Waals surface area (Å²) >= 11 is 0. The van der Waals surface area contributed by atoms with Gasteiger partial charge >= 0.3 is 6.61 Å². The number of hydrogen-bond acceptors (Lipinski definition) is 5. The average Bonchev–Trinajstić information content (AvgIpc) is 2.36. The van der Waals surface area contributed by atoms with Gasteiger partial charge in [0.15, 0.2) is 0 Å². The van der Waals surface area contributed by atoms with Crippen molar-refractivity contribution >= 4 is 11.6 Å². The first-order valence-electron chi connectivity index (χ1n) is 5.30. The number of aromatic amines is 1. The number of rotatable bonds is 4. The minimum absolute atomic E-state index is 0.0454.